The molecule has 0 saturated heterocycles. The molecular weight excluding hydrogens is 308 g/mol. The fraction of sp³-hybridized carbons (Fsp3) is 0.0526. The minimum absolute atomic E-state index is 0.323. The van der Waals surface area contributed by atoms with E-state index in [1.807, 2.05) is 31.2 Å². The summed E-state index contributed by atoms with van der Waals surface area (Å²) in [5.74, 6) is -0.323. The molecule has 0 spiro atoms. The summed E-state index contributed by atoms with van der Waals surface area (Å²) in [7, 11) is 0. The van der Waals surface area contributed by atoms with E-state index in [4.69, 9.17) is 11.6 Å². The Balaban J connectivity index is 1.81. The normalized spacial score (nSPS) is 11.5. The first kappa shape index (κ1) is 15.3. The first-order valence-corrected chi connectivity index (χ1v) is 7.61. The summed E-state index contributed by atoms with van der Waals surface area (Å²) in [6, 6.07) is 21.1. The molecule has 1 N–H and O–H groups in total. The Morgan fingerprint density at radius 1 is 0.957 bits per heavy atom. The van der Waals surface area contributed by atoms with E-state index < -0.39 is 0 Å². The molecule has 0 aliphatic carbocycles. The number of carbonyl (C=O) groups is 1. The second-order valence-electron chi connectivity index (χ2n) is 5.18. The van der Waals surface area contributed by atoms with Crippen molar-refractivity contribution in [3.05, 3.63) is 82.9 Å². The lowest BCUT2D eigenvalue weighted by molar-refractivity contribution is 0.0955. The summed E-state index contributed by atoms with van der Waals surface area (Å²) < 4.78 is 0. The van der Waals surface area contributed by atoms with Crippen LogP contribution in [0.15, 0.2) is 71.8 Å². The molecule has 3 rings (SSSR count). The van der Waals surface area contributed by atoms with Crippen LogP contribution in [0.1, 0.15) is 22.8 Å². The van der Waals surface area contributed by atoms with Crippen molar-refractivity contribution in [2.45, 2.75) is 6.92 Å². The van der Waals surface area contributed by atoms with E-state index in [1.165, 1.54) is 5.39 Å². The number of nitrogens with zero attached hydrogens (tertiary/aromatic N) is 1. The van der Waals surface area contributed by atoms with Crippen molar-refractivity contribution in [2.24, 2.45) is 5.10 Å². The van der Waals surface area contributed by atoms with Crippen LogP contribution in [-0.4, -0.2) is 11.6 Å². The maximum atomic E-state index is 12.1. The van der Waals surface area contributed by atoms with Crippen LogP contribution >= 0.6 is 11.6 Å². The van der Waals surface area contributed by atoms with E-state index >= 15 is 0 Å². The van der Waals surface area contributed by atoms with Crippen molar-refractivity contribution >= 4 is 34.0 Å². The molecule has 0 unspecified atom stereocenters. The molecule has 0 aliphatic heterocycles. The van der Waals surface area contributed by atoms with Crippen LogP contribution < -0.4 is 5.43 Å². The second-order valence-corrected chi connectivity index (χ2v) is 5.59. The minimum Gasteiger partial charge on any atom is -0.267 e. The molecule has 0 aromatic heterocycles. The Morgan fingerprint density at radius 3 is 2.43 bits per heavy atom. The van der Waals surface area contributed by atoms with E-state index in [1.54, 1.807) is 24.3 Å². The summed E-state index contributed by atoms with van der Waals surface area (Å²) in [6.07, 6.45) is 0. The molecule has 0 bridgehead atoms. The van der Waals surface area contributed by atoms with E-state index in [9.17, 15) is 4.79 Å². The molecule has 3 nitrogen and oxygen atoms in total. The monoisotopic (exact) mass is 322 g/mol. The number of halogens is 1. The standard InChI is InChI=1S/C19H15ClN2O/c1-13(15-11-10-14-6-2-3-7-16(14)12-15)21-22-19(23)17-8-4-5-9-18(17)20/h2-12H,1H3,(H,22,23)/b21-13+. The van der Waals surface area contributed by atoms with Crippen molar-refractivity contribution in [3.8, 4) is 0 Å². The smallest absolute Gasteiger partial charge is 0.267 e. The molecule has 4 heteroatoms. The molecule has 0 fully saturated rings. The third kappa shape index (κ3) is 3.41. The summed E-state index contributed by atoms with van der Waals surface area (Å²) in [6.45, 7) is 1.86. The Morgan fingerprint density at radius 2 is 1.65 bits per heavy atom. The van der Waals surface area contributed by atoms with E-state index in [0.29, 0.717) is 10.6 Å². The van der Waals surface area contributed by atoms with Crippen LogP contribution in [0.4, 0.5) is 0 Å². The average molecular weight is 323 g/mol. The molecular formula is C19H15ClN2O. The van der Waals surface area contributed by atoms with Crippen LogP contribution in [0.5, 0.6) is 0 Å². The van der Waals surface area contributed by atoms with Gasteiger partial charge in [-0.15, -0.1) is 0 Å². The molecule has 1 amide bonds. The topological polar surface area (TPSA) is 41.5 Å². The number of fused-ring (bicyclic) bond motifs is 1. The molecule has 23 heavy (non-hydrogen) atoms. The highest BCUT2D eigenvalue weighted by atomic mass is 35.5. The number of carbonyl (C=O) groups excluding carboxylic acids is 1. The van der Waals surface area contributed by atoms with Gasteiger partial charge in [-0.25, -0.2) is 5.43 Å². The number of hydrogen-bond acceptors (Lipinski definition) is 2. The fourth-order valence-electron chi connectivity index (χ4n) is 2.32. The fourth-order valence-corrected chi connectivity index (χ4v) is 2.54. The zero-order valence-electron chi connectivity index (χ0n) is 12.6. The van der Waals surface area contributed by atoms with Gasteiger partial charge in [0.05, 0.1) is 16.3 Å². The highest BCUT2D eigenvalue weighted by Crippen LogP contribution is 2.17. The van der Waals surface area contributed by atoms with Crippen LogP contribution in [0.25, 0.3) is 10.8 Å². The molecule has 0 aliphatic rings. The van der Waals surface area contributed by atoms with Crippen LogP contribution in [0.2, 0.25) is 5.02 Å². The zero-order chi connectivity index (χ0) is 16.2. The van der Waals surface area contributed by atoms with Crippen LogP contribution in [0, 0.1) is 0 Å². The van der Waals surface area contributed by atoms with Gasteiger partial charge in [0.15, 0.2) is 0 Å². The van der Waals surface area contributed by atoms with E-state index in [0.717, 1.165) is 16.7 Å². The number of benzene rings is 3. The Labute approximate surface area is 139 Å². The maximum absolute atomic E-state index is 12.1. The second kappa shape index (κ2) is 6.63. The predicted octanol–water partition coefficient (Wildman–Crippen LogP) is 4.65. The van der Waals surface area contributed by atoms with Gasteiger partial charge in [0.2, 0.25) is 0 Å². The van der Waals surface area contributed by atoms with Crippen molar-refractivity contribution in [1.82, 2.24) is 5.43 Å². The number of amides is 1. The third-order valence-electron chi connectivity index (χ3n) is 3.61. The molecule has 3 aromatic rings. The molecule has 0 atom stereocenters. The first-order valence-electron chi connectivity index (χ1n) is 7.23. The quantitative estimate of drug-likeness (QED) is 0.553. The molecule has 0 heterocycles. The van der Waals surface area contributed by atoms with Crippen molar-refractivity contribution < 1.29 is 4.79 Å². The lowest BCUT2D eigenvalue weighted by Gasteiger charge is -2.05. The van der Waals surface area contributed by atoms with Crippen molar-refractivity contribution in [2.75, 3.05) is 0 Å². The number of rotatable bonds is 3. The average Bonchev–Trinajstić information content (AvgIpc) is 2.59. The van der Waals surface area contributed by atoms with Gasteiger partial charge in [-0.05, 0) is 41.5 Å². The lowest BCUT2D eigenvalue weighted by Crippen LogP contribution is -2.19. The SMILES string of the molecule is C/C(=N\NC(=O)c1ccccc1Cl)c1ccc2ccccc2c1. The van der Waals surface area contributed by atoms with Gasteiger partial charge in [-0.3, -0.25) is 4.79 Å². The molecule has 3 aromatic carbocycles. The number of hydrazone groups is 1. The highest BCUT2D eigenvalue weighted by Gasteiger charge is 2.08. The Hall–Kier alpha value is -2.65. The van der Waals surface area contributed by atoms with Gasteiger partial charge < -0.3 is 0 Å². The summed E-state index contributed by atoms with van der Waals surface area (Å²) in [5, 5.41) is 6.89. The minimum atomic E-state index is -0.323. The molecule has 114 valence electrons. The summed E-state index contributed by atoms with van der Waals surface area (Å²) in [4.78, 5) is 12.1. The van der Waals surface area contributed by atoms with Gasteiger partial charge in [-0.1, -0.05) is 60.1 Å². The van der Waals surface area contributed by atoms with Gasteiger partial charge >= 0.3 is 0 Å². The summed E-state index contributed by atoms with van der Waals surface area (Å²) >= 11 is 6.01. The Kier molecular flexibility index (Phi) is 4.40. The number of hydrogen-bond donors (Lipinski definition) is 1. The van der Waals surface area contributed by atoms with Gasteiger partial charge in [0, 0.05) is 0 Å². The third-order valence-corrected chi connectivity index (χ3v) is 3.94. The van der Waals surface area contributed by atoms with Crippen LogP contribution in [-0.2, 0) is 0 Å². The first-order chi connectivity index (χ1) is 11.1. The maximum Gasteiger partial charge on any atom is 0.272 e. The van der Waals surface area contributed by atoms with Gasteiger partial charge in [-0.2, -0.15) is 5.10 Å². The van der Waals surface area contributed by atoms with Crippen LogP contribution in [0.3, 0.4) is 0 Å². The number of nitrogens with one attached hydrogen (secondary N) is 1. The largest absolute Gasteiger partial charge is 0.272 e. The van der Waals surface area contributed by atoms with Crippen molar-refractivity contribution in [3.63, 3.8) is 0 Å². The van der Waals surface area contributed by atoms with Gasteiger partial charge in [0.1, 0.15) is 0 Å². The highest BCUT2D eigenvalue weighted by molar-refractivity contribution is 6.33. The predicted molar refractivity (Wildman–Crippen MR) is 95.1 cm³/mol. The molecule has 0 radical (unpaired) electrons. The summed E-state index contributed by atoms with van der Waals surface area (Å²) in [5.41, 5.74) is 4.65. The lowest BCUT2D eigenvalue weighted by atomic mass is 10.0. The van der Waals surface area contributed by atoms with Crippen molar-refractivity contribution in [1.29, 1.82) is 0 Å². The zero-order valence-corrected chi connectivity index (χ0v) is 13.3. The van der Waals surface area contributed by atoms with E-state index in [2.05, 4.69) is 28.7 Å². The van der Waals surface area contributed by atoms with E-state index in [-0.39, 0.29) is 5.91 Å². The molecule has 0 saturated carbocycles. The Bertz CT molecular complexity index is 903. The van der Waals surface area contributed by atoms with Gasteiger partial charge in [0.25, 0.3) is 5.91 Å².